The predicted octanol–water partition coefficient (Wildman–Crippen LogP) is 3.21. The highest BCUT2D eigenvalue weighted by atomic mass is 32.2. The van der Waals surface area contributed by atoms with Crippen molar-refractivity contribution in [2.24, 2.45) is 0 Å². The van der Waals surface area contributed by atoms with E-state index in [4.69, 9.17) is 15.0 Å². The Morgan fingerprint density at radius 1 is 1.35 bits per heavy atom. The largest absolute Gasteiger partial charge is 0.481 e. The van der Waals surface area contributed by atoms with Crippen molar-refractivity contribution in [3.63, 3.8) is 0 Å². The molecule has 0 saturated carbocycles. The van der Waals surface area contributed by atoms with Crippen LogP contribution < -0.4 is 0 Å². The fourth-order valence-electron chi connectivity index (χ4n) is 1.49. The normalized spacial score (nSPS) is 23.0. The van der Waals surface area contributed by atoms with Gasteiger partial charge >= 0.3 is 0 Å². The van der Waals surface area contributed by atoms with Crippen LogP contribution in [0.1, 0.15) is 46.0 Å². The Hall–Kier alpha value is 0.130. The Bertz CT molecular complexity index is 196. The second-order valence-electron chi connectivity index (χ2n) is 4.07. The zero-order valence-electron chi connectivity index (χ0n) is 10.7. The minimum absolute atomic E-state index is 0.364. The van der Waals surface area contributed by atoms with Crippen molar-refractivity contribution in [3.05, 3.63) is 0 Å². The number of carbonyl (C=O) groups is 1. The Morgan fingerprint density at radius 2 is 2.00 bits per heavy atom. The van der Waals surface area contributed by atoms with Crippen molar-refractivity contribution in [2.45, 2.75) is 55.8 Å². The van der Waals surface area contributed by atoms with Crippen molar-refractivity contribution >= 4 is 29.5 Å². The van der Waals surface area contributed by atoms with E-state index < -0.39 is 5.97 Å². The van der Waals surface area contributed by atoms with Gasteiger partial charge < -0.3 is 10.2 Å². The highest BCUT2D eigenvalue weighted by molar-refractivity contribution is 8.20. The Kier molecular flexibility index (Phi) is 11.3. The molecule has 2 atom stereocenters. The van der Waals surface area contributed by atoms with Crippen LogP contribution in [-0.2, 0) is 4.79 Å². The second kappa shape index (κ2) is 11.2. The van der Waals surface area contributed by atoms with Crippen molar-refractivity contribution < 1.29 is 15.0 Å². The van der Waals surface area contributed by atoms with Crippen molar-refractivity contribution in [1.82, 2.24) is 0 Å². The molecule has 0 aromatic heterocycles. The first-order valence-electron chi connectivity index (χ1n) is 6.17. The van der Waals surface area contributed by atoms with Gasteiger partial charge in [-0.2, -0.15) is 0 Å². The molecular formula is C12H24O3S2. The third kappa shape index (κ3) is 11.0. The molecule has 0 radical (unpaired) electrons. The minimum atomic E-state index is -0.833. The highest BCUT2D eigenvalue weighted by Gasteiger charge is 2.24. The molecule has 0 amide bonds. The topological polar surface area (TPSA) is 57.5 Å². The first kappa shape index (κ1) is 17.1. The first-order valence-corrected chi connectivity index (χ1v) is 8.16. The number of carboxylic acids is 1. The molecule has 0 bridgehead atoms. The van der Waals surface area contributed by atoms with Crippen LogP contribution in [0.2, 0.25) is 0 Å². The summed E-state index contributed by atoms with van der Waals surface area (Å²) in [6.45, 7) is 3.70. The summed E-state index contributed by atoms with van der Waals surface area (Å²) in [6, 6.07) is 0. The maximum Gasteiger partial charge on any atom is 0.300 e. The molecule has 3 nitrogen and oxygen atoms in total. The summed E-state index contributed by atoms with van der Waals surface area (Å²) >= 11 is 4.02. The molecule has 1 aliphatic heterocycles. The maximum absolute atomic E-state index is 9.00. The van der Waals surface area contributed by atoms with Gasteiger partial charge in [-0.25, -0.2) is 0 Å². The molecule has 1 saturated heterocycles. The molecular weight excluding hydrogens is 256 g/mol. The molecule has 0 aromatic rings. The highest BCUT2D eigenvalue weighted by Crippen LogP contribution is 2.40. The minimum Gasteiger partial charge on any atom is -0.481 e. The number of unbranched alkanes of at least 4 members (excludes halogenated alkanes) is 3. The van der Waals surface area contributed by atoms with Gasteiger partial charge in [-0.3, -0.25) is 4.79 Å². The van der Waals surface area contributed by atoms with Crippen LogP contribution in [0.25, 0.3) is 0 Å². The molecule has 17 heavy (non-hydrogen) atoms. The number of hydrogen-bond acceptors (Lipinski definition) is 4. The molecule has 1 fully saturated rings. The van der Waals surface area contributed by atoms with Gasteiger partial charge in [0.15, 0.2) is 0 Å². The van der Waals surface area contributed by atoms with Gasteiger partial charge in [-0.15, -0.1) is 23.5 Å². The lowest BCUT2D eigenvalue weighted by molar-refractivity contribution is -0.134. The predicted molar refractivity (Wildman–Crippen MR) is 76.8 cm³/mol. The van der Waals surface area contributed by atoms with Gasteiger partial charge in [0.1, 0.15) is 0 Å². The van der Waals surface area contributed by atoms with Crippen LogP contribution in [-0.4, -0.2) is 38.4 Å². The number of aliphatic carboxylic acids is 1. The summed E-state index contributed by atoms with van der Waals surface area (Å²) in [5, 5.41) is 16.9. The van der Waals surface area contributed by atoms with E-state index >= 15 is 0 Å². The number of rotatable bonds is 6. The summed E-state index contributed by atoms with van der Waals surface area (Å²) in [4.78, 5) is 9.00. The lowest BCUT2D eigenvalue weighted by Crippen LogP contribution is -2.06. The van der Waals surface area contributed by atoms with Crippen LogP contribution in [0, 0.1) is 0 Å². The molecule has 2 N–H and O–H groups in total. The van der Waals surface area contributed by atoms with Crippen molar-refractivity contribution in [3.8, 4) is 0 Å². The summed E-state index contributed by atoms with van der Waals surface area (Å²) in [5.74, 6) is 0.319. The lowest BCUT2D eigenvalue weighted by atomic mass is 10.2. The maximum atomic E-state index is 9.00. The smallest absolute Gasteiger partial charge is 0.300 e. The van der Waals surface area contributed by atoms with Gasteiger partial charge in [0, 0.05) is 17.9 Å². The van der Waals surface area contributed by atoms with E-state index in [1.165, 1.54) is 32.1 Å². The monoisotopic (exact) mass is 280 g/mol. The average molecular weight is 280 g/mol. The van der Waals surface area contributed by atoms with E-state index in [1.807, 2.05) is 23.5 Å². The molecule has 1 aliphatic rings. The van der Waals surface area contributed by atoms with Gasteiger partial charge in [0.25, 0.3) is 5.97 Å². The SMILES string of the molecule is CC(=O)O.CCCCCC[C@@H]1SC[C@@H](CO)S1. The van der Waals surface area contributed by atoms with Crippen molar-refractivity contribution in [2.75, 3.05) is 12.4 Å². The number of thioether (sulfide) groups is 2. The Labute approximate surface area is 113 Å². The fourth-order valence-corrected chi connectivity index (χ4v) is 4.75. The molecule has 1 heterocycles. The third-order valence-electron chi connectivity index (χ3n) is 2.31. The Morgan fingerprint density at radius 3 is 2.47 bits per heavy atom. The van der Waals surface area contributed by atoms with E-state index in [-0.39, 0.29) is 0 Å². The van der Waals surface area contributed by atoms with E-state index in [0.29, 0.717) is 11.9 Å². The number of aliphatic hydroxyl groups is 1. The quantitative estimate of drug-likeness (QED) is 0.732. The van der Waals surface area contributed by atoms with Crippen LogP contribution in [0.4, 0.5) is 0 Å². The lowest BCUT2D eigenvalue weighted by Gasteiger charge is -2.07. The molecule has 0 unspecified atom stereocenters. The van der Waals surface area contributed by atoms with E-state index in [9.17, 15) is 0 Å². The summed E-state index contributed by atoms with van der Waals surface area (Å²) in [7, 11) is 0. The van der Waals surface area contributed by atoms with Crippen molar-refractivity contribution in [1.29, 1.82) is 0 Å². The van der Waals surface area contributed by atoms with E-state index in [2.05, 4.69) is 6.92 Å². The molecule has 5 heteroatoms. The average Bonchev–Trinajstić information content (AvgIpc) is 2.71. The number of carboxylic acid groups (broad SMARTS) is 1. The second-order valence-corrected chi connectivity index (χ2v) is 7.11. The van der Waals surface area contributed by atoms with Gasteiger partial charge in [-0.05, 0) is 6.42 Å². The van der Waals surface area contributed by atoms with Crippen LogP contribution in [0.5, 0.6) is 0 Å². The van der Waals surface area contributed by atoms with Gasteiger partial charge in [-0.1, -0.05) is 32.6 Å². The molecule has 1 rings (SSSR count). The zero-order chi connectivity index (χ0) is 13.1. The molecule has 0 aromatic carbocycles. The summed E-state index contributed by atoms with van der Waals surface area (Å²) < 4.78 is 0.772. The first-order chi connectivity index (χ1) is 8.10. The molecule has 0 aliphatic carbocycles. The zero-order valence-corrected chi connectivity index (χ0v) is 12.4. The summed E-state index contributed by atoms with van der Waals surface area (Å²) in [5.41, 5.74) is 0. The van der Waals surface area contributed by atoms with E-state index in [1.54, 1.807) is 0 Å². The fraction of sp³-hybridized carbons (Fsp3) is 0.917. The standard InChI is InChI=1S/C10H20OS2.C2H4O2/c1-2-3-4-5-6-10-12-8-9(7-11)13-10;1-2(3)4/h9-11H,2-8H2,1H3;1H3,(H,3,4)/t9-,10-;/m1./s1. The van der Waals surface area contributed by atoms with Crippen LogP contribution >= 0.6 is 23.5 Å². The number of hydrogen-bond donors (Lipinski definition) is 2. The summed E-state index contributed by atoms with van der Waals surface area (Å²) in [6.07, 6.45) is 6.80. The molecule has 102 valence electrons. The number of aliphatic hydroxyl groups excluding tert-OH is 1. The van der Waals surface area contributed by atoms with E-state index in [0.717, 1.165) is 17.3 Å². The van der Waals surface area contributed by atoms with Crippen LogP contribution in [0.15, 0.2) is 0 Å². The van der Waals surface area contributed by atoms with Gasteiger partial charge in [0.2, 0.25) is 0 Å². The third-order valence-corrected chi connectivity index (χ3v) is 5.70. The van der Waals surface area contributed by atoms with Crippen LogP contribution in [0.3, 0.4) is 0 Å². The Balaban J connectivity index is 0.000000557. The van der Waals surface area contributed by atoms with Gasteiger partial charge in [0.05, 0.1) is 11.2 Å². The molecule has 0 spiro atoms.